The lowest BCUT2D eigenvalue weighted by Crippen LogP contribution is -2.55. The zero-order chi connectivity index (χ0) is 19.7. The number of fused-ring (bicyclic) bond motifs is 2. The van der Waals surface area contributed by atoms with Crippen molar-refractivity contribution in [3.05, 3.63) is 47.0 Å². The van der Waals surface area contributed by atoms with E-state index in [0.717, 1.165) is 56.4 Å². The maximum absolute atomic E-state index is 4.62. The molecular formula is C21H32IN7. The van der Waals surface area contributed by atoms with Crippen LogP contribution in [0.3, 0.4) is 0 Å². The lowest BCUT2D eigenvalue weighted by atomic mass is 9.94. The van der Waals surface area contributed by atoms with Gasteiger partial charge in [-0.05, 0) is 57.8 Å². The van der Waals surface area contributed by atoms with E-state index in [0.29, 0.717) is 0 Å². The Hall–Kier alpha value is -1.68. The molecular weight excluding hydrogens is 477 g/mol. The number of nitrogens with zero attached hydrogens (tertiary/aromatic N) is 5. The van der Waals surface area contributed by atoms with Crippen LogP contribution < -0.4 is 10.6 Å². The molecule has 29 heavy (non-hydrogen) atoms. The summed E-state index contributed by atoms with van der Waals surface area (Å²) in [6.45, 7) is 3.74. The molecule has 1 aromatic carbocycles. The average molecular weight is 509 g/mol. The second-order valence-corrected chi connectivity index (χ2v) is 8.25. The molecule has 0 saturated heterocycles. The van der Waals surface area contributed by atoms with Crippen molar-refractivity contribution < 1.29 is 0 Å². The van der Waals surface area contributed by atoms with Crippen molar-refractivity contribution in [3.8, 4) is 0 Å². The fourth-order valence-electron chi connectivity index (χ4n) is 4.49. The molecule has 0 amide bonds. The van der Waals surface area contributed by atoms with Crippen molar-refractivity contribution in [2.75, 3.05) is 27.7 Å². The number of nitrogens with one attached hydrogen (secondary N) is 2. The van der Waals surface area contributed by atoms with Gasteiger partial charge in [-0.2, -0.15) is 5.10 Å². The molecule has 1 aliphatic carbocycles. The summed E-state index contributed by atoms with van der Waals surface area (Å²) in [7, 11) is 6.19. The zero-order valence-electron chi connectivity index (χ0n) is 17.8. The smallest absolute Gasteiger partial charge is 0.191 e. The molecule has 158 valence electrons. The van der Waals surface area contributed by atoms with E-state index in [4.69, 9.17) is 0 Å². The average Bonchev–Trinajstić information content (AvgIpc) is 3.25. The highest BCUT2D eigenvalue weighted by Crippen LogP contribution is 2.33. The second kappa shape index (κ2) is 8.99. The van der Waals surface area contributed by atoms with Crippen LogP contribution in [0.25, 0.3) is 0 Å². The number of aryl methyl sites for hydroxylation is 2. The minimum Gasteiger partial charge on any atom is -0.355 e. The Labute approximate surface area is 190 Å². The molecule has 1 aromatic heterocycles. The number of hydrogen-bond acceptors (Lipinski definition) is 4. The minimum atomic E-state index is 0. The number of aromatic nitrogens is 3. The van der Waals surface area contributed by atoms with Gasteiger partial charge in [0.15, 0.2) is 5.96 Å². The van der Waals surface area contributed by atoms with Gasteiger partial charge in [0.05, 0.1) is 6.04 Å². The van der Waals surface area contributed by atoms with E-state index >= 15 is 0 Å². The highest BCUT2D eigenvalue weighted by atomic mass is 127. The van der Waals surface area contributed by atoms with Gasteiger partial charge in [0, 0.05) is 25.7 Å². The van der Waals surface area contributed by atoms with Crippen LogP contribution in [0.2, 0.25) is 0 Å². The molecule has 1 unspecified atom stereocenters. The van der Waals surface area contributed by atoms with E-state index in [2.05, 4.69) is 69.0 Å². The predicted octanol–water partition coefficient (Wildman–Crippen LogP) is 2.30. The maximum atomic E-state index is 4.62. The van der Waals surface area contributed by atoms with Crippen LogP contribution in [0.15, 0.2) is 29.3 Å². The molecule has 0 spiro atoms. The molecule has 2 heterocycles. The number of likely N-dealkylation sites (N-methyl/N-ethyl adjacent to an activating group) is 1. The first kappa shape index (κ1) is 22.0. The van der Waals surface area contributed by atoms with Gasteiger partial charge >= 0.3 is 0 Å². The predicted molar refractivity (Wildman–Crippen MR) is 127 cm³/mol. The van der Waals surface area contributed by atoms with Gasteiger partial charge < -0.3 is 15.5 Å². The highest BCUT2D eigenvalue weighted by Gasteiger charge is 2.39. The first-order chi connectivity index (χ1) is 13.5. The van der Waals surface area contributed by atoms with E-state index in [-0.39, 0.29) is 35.6 Å². The maximum Gasteiger partial charge on any atom is 0.191 e. The van der Waals surface area contributed by atoms with Gasteiger partial charge in [0.25, 0.3) is 0 Å². The van der Waals surface area contributed by atoms with E-state index in [1.807, 2.05) is 18.7 Å². The lowest BCUT2D eigenvalue weighted by Gasteiger charge is -2.37. The largest absolute Gasteiger partial charge is 0.355 e. The summed E-state index contributed by atoms with van der Waals surface area (Å²) < 4.78 is 2.03. The van der Waals surface area contributed by atoms with Crippen LogP contribution in [-0.2, 0) is 19.4 Å². The fraction of sp³-hybridized carbons (Fsp3) is 0.571. The molecule has 0 fully saturated rings. The molecule has 1 aliphatic heterocycles. The van der Waals surface area contributed by atoms with Crippen molar-refractivity contribution in [2.24, 2.45) is 4.99 Å². The molecule has 7 nitrogen and oxygen atoms in total. The molecule has 2 aromatic rings. The number of benzene rings is 1. The van der Waals surface area contributed by atoms with Crippen molar-refractivity contribution in [2.45, 2.75) is 50.7 Å². The number of hydrogen-bond donors (Lipinski definition) is 2. The van der Waals surface area contributed by atoms with Gasteiger partial charge in [-0.25, -0.2) is 9.67 Å². The SMILES string of the molecule is CN=C(NCC1(N(C)C)Cc2ccccc2C1)NC1CCCn2nc(C)nc21.I. The fourth-order valence-corrected chi connectivity index (χ4v) is 4.49. The standard InChI is InChI=1S/C21H31N7.HI/c1-15-24-19-18(10-7-11-28(19)26-15)25-20(22-2)23-14-21(27(3)4)12-16-8-5-6-9-17(16)13-21;/h5-6,8-9,18H,7,10-14H2,1-4H3,(H2,22,23,25);1H. The molecule has 0 saturated carbocycles. The molecule has 1 atom stereocenters. The van der Waals surface area contributed by atoms with Gasteiger partial charge in [-0.15, -0.1) is 24.0 Å². The van der Waals surface area contributed by atoms with Crippen LogP contribution in [0.1, 0.15) is 41.7 Å². The number of guanidine groups is 1. The summed E-state index contributed by atoms with van der Waals surface area (Å²) in [4.78, 5) is 11.5. The summed E-state index contributed by atoms with van der Waals surface area (Å²) in [6.07, 6.45) is 4.25. The van der Waals surface area contributed by atoms with Crippen LogP contribution in [-0.4, -0.2) is 58.9 Å². The first-order valence-corrected chi connectivity index (χ1v) is 10.1. The molecule has 0 radical (unpaired) electrons. The Kier molecular flexibility index (Phi) is 6.83. The van der Waals surface area contributed by atoms with Crippen molar-refractivity contribution in [3.63, 3.8) is 0 Å². The molecule has 0 bridgehead atoms. The Morgan fingerprint density at radius 2 is 1.97 bits per heavy atom. The molecule has 2 N–H and O–H groups in total. The Morgan fingerprint density at radius 1 is 1.28 bits per heavy atom. The van der Waals surface area contributed by atoms with Crippen molar-refractivity contribution in [1.82, 2.24) is 30.3 Å². The third-order valence-corrected chi connectivity index (χ3v) is 6.21. The Bertz CT molecular complexity index is 849. The first-order valence-electron chi connectivity index (χ1n) is 10.1. The molecule has 8 heteroatoms. The van der Waals surface area contributed by atoms with E-state index < -0.39 is 0 Å². The van der Waals surface area contributed by atoms with Crippen LogP contribution in [0.5, 0.6) is 0 Å². The normalized spacial score (nSPS) is 20.0. The summed E-state index contributed by atoms with van der Waals surface area (Å²) in [5.41, 5.74) is 2.97. The highest BCUT2D eigenvalue weighted by molar-refractivity contribution is 14.0. The molecule has 2 aliphatic rings. The third kappa shape index (κ3) is 4.42. The second-order valence-electron chi connectivity index (χ2n) is 8.25. The monoisotopic (exact) mass is 509 g/mol. The number of halogens is 1. The van der Waals surface area contributed by atoms with Gasteiger partial charge in [-0.1, -0.05) is 24.3 Å². The molecule has 4 rings (SSSR count). The summed E-state index contributed by atoms with van der Waals surface area (Å²) in [5.74, 6) is 2.68. The van der Waals surface area contributed by atoms with Crippen molar-refractivity contribution >= 4 is 29.9 Å². The number of aliphatic imine (C=N–C) groups is 1. The van der Waals surface area contributed by atoms with E-state index in [1.165, 1.54) is 11.1 Å². The summed E-state index contributed by atoms with van der Waals surface area (Å²) >= 11 is 0. The van der Waals surface area contributed by atoms with Gasteiger partial charge in [0.2, 0.25) is 0 Å². The minimum absolute atomic E-state index is 0. The lowest BCUT2D eigenvalue weighted by molar-refractivity contribution is 0.164. The van der Waals surface area contributed by atoms with Gasteiger partial charge in [0.1, 0.15) is 11.6 Å². The van der Waals surface area contributed by atoms with E-state index in [9.17, 15) is 0 Å². The summed E-state index contributed by atoms with van der Waals surface area (Å²) in [6, 6.07) is 8.94. The quantitative estimate of drug-likeness (QED) is 0.376. The van der Waals surface area contributed by atoms with Crippen LogP contribution >= 0.6 is 24.0 Å². The third-order valence-electron chi connectivity index (χ3n) is 6.21. The number of rotatable bonds is 4. The van der Waals surface area contributed by atoms with Crippen LogP contribution in [0.4, 0.5) is 0 Å². The van der Waals surface area contributed by atoms with Crippen molar-refractivity contribution in [1.29, 1.82) is 0 Å². The summed E-state index contributed by atoms with van der Waals surface area (Å²) in [5, 5.41) is 11.7. The Morgan fingerprint density at radius 3 is 2.59 bits per heavy atom. The van der Waals surface area contributed by atoms with Gasteiger partial charge in [-0.3, -0.25) is 4.99 Å². The zero-order valence-corrected chi connectivity index (χ0v) is 20.1. The Balaban J connectivity index is 0.00000240. The van der Waals surface area contributed by atoms with E-state index in [1.54, 1.807) is 0 Å². The van der Waals surface area contributed by atoms with Crippen LogP contribution in [0, 0.1) is 6.92 Å². The topological polar surface area (TPSA) is 70.4 Å².